The van der Waals surface area contributed by atoms with Crippen molar-refractivity contribution in [2.75, 3.05) is 0 Å². The fourth-order valence-corrected chi connectivity index (χ4v) is 7.07. The van der Waals surface area contributed by atoms with Crippen LogP contribution in [0.2, 0.25) is 11.6 Å². The van der Waals surface area contributed by atoms with E-state index in [9.17, 15) is 0 Å². The second-order valence-corrected chi connectivity index (χ2v) is 9.71. The van der Waals surface area contributed by atoms with Gasteiger partial charge in [0, 0.05) is 0 Å². The van der Waals surface area contributed by atoms with Gasteiger partial charge in [-0.05, 0) is 62.2 Å². The molecule has 7 unspecified atom stereocenters. The van der Waals surface area contributed by atoms with Crippen LogP contribution in [-0.2, 0) is 0 Å². The summed E-state index contributed by atoms with van der Waals surface area (Å²) in [5, 5.41) is 0. The lowest BCUT2D eigenvalue weighted by atomic mass is 9.68. The van der Waals surface area contributed by atoms with E-state index in [-0.39, 0.29) is 0 Å². The molecule has 0 aliphatic heterocycles. The minimum atomic E-state index is 0.813. The van der Waals surface area contributed by atoms with Crippen LogP contribution in [0, 0.1) is 29.6 Å². The van der Waals surface area contributed by atoms with Crippen molar-refractivity contribution in [3.05, 3.63) is 12.2 Å². The molecule has 0 aromatic heterocycles. The summed E-state index contributed by atoms with van der Waals surface area (Å²) < 4.78 is 0. The zero-order valence-corrected chi connectivity index (χ0v) is 18.7. The first-order valence-electron chi connectivity index (χ1n) is 11.0. The lowest BCUT2D eigenvalue weighted by Crippen LogP contribution is -2.20. The van der Waals surface area contributed by atoms with Crippen LogP contribution in [0.3, 0.4) is 0 Å². The lowest BCUT2D eigenvalue weighted by Gasteiger charge is -2.30. The second-order valence-electron chi connectivity index (χ2n) is 8.98. The summed E-state index contributed by atoms with van der Waals surface area (Å²) in [4.78, 5) is 0. The van der Waals surface area contributed by atoms with Crippen molar-refractivity contribution in [1.29, 1.82) is 0 Å². The van der Waals surface area contributed by atoms with E-state index in [2.05, 4.69) is 45.4 Å². The van der Waals surface area contributed by atoms with E-state index in [4.69, 9.17) is 12.5 Å². The van der Waals surface area contributed by atoms with Crippen LogP contribution >= 0.6 is 25.0 Å². The minimum absolute atomic E-state index is 0.813. The van der Waals surface area contributed by atoms with Crippen LogP contribution in [0.25, 0.3) is 0 Å². The summed E-state index contributed by atoms with van der Waals surface area (Å²) in [7, 11) is 0. The zero-order valence-electron chi connectivity index (χ0n) is 16.9. The Balaban J connectivity index is 2.00. The van der Waals surface area contributed by atoms with E-state index < -0.39 is 0 Å². The Hall–Kier alpha value is 0.570. The predicted molar refractivity (Wildman–Crippen MR) is 125 cm³/mol. The summed E-state index contributed by atoms with van der Waals surface area (Å²) in [6, 6.07) is 0. The highest BCUT2D eigenvalue weighted by Crippen LogP contribution is 2.51. The maximum Gasteiger partial charge on any atom is 0.190 e. The molecule has 0 N–H and O–H groups in total. The van der Waals surface area contributed by atoms with Crippen LogP contribution in [0.1, 0.15) is 78.6 Å². The molecular weight excluding hydrogens is 338 g/mol. The van der Waals surface area contributed by atoms with Gasteiger partial charge >= 0.3 is 0 Å². The molecular formula is C21H40B2S2. The Morgan fingerprint density at radius 1 is 1.00 bits per heavy atom. The first kappa shape index (κ1) is 21.9. The van der Waals surface area contributed by atoms with Gasteiger partial charge in [-0.2, -0.15) is 0 Å². The van der Waals surface area contributed by atoms with Gasteiger partial charge < -0.3 is 0 Å². The monoisotopic (exact) mass is 378 g/mol. The van der Waals surface area contributed by atoms with Gasteiger partial charge in [-0.25, -0.2) is 25.0 Å². The smallest absolute Gasteiger partial charge is 0.190 e. The van der Waals surface area contributed by atoms with Crippen molar-refractivity contribution in [2.45, 2.75) is 90.2 Å². The molecule has 2 aliphatic rings. The van der Waals surface area contributed by atoms with Gasteiger partial charge in [-0.15, -0.1) is 0 Å². The number of hydrogen-bond acceptors (Lipinski definition) is 2. The molecule has 0 amide bonds. The van der Waals surface area contributed by atoms with E-state index >= 15 is 0 Å². The first-order chi connectivity index (χ1) is 12.2. The highest BCUT2D eigenvalue weighted by Gasteiger charge is 2.40. The Kier molecular flexibility index (Phi) is 9.99. The Bertz CT molecular complexity index is 401. The van der Waals surface area contributed by atoms with Crippen molar-refractivity contribution in [3.8, 4) is 0 Å². The fraction of sp³-hybridized carbons (Fsp3) is 0.905. The molecule has 0 aromatic rings. The van der Waals surface area contributed by atoms with Gasteiger partial charge in [0.1, 0.15) is 0 Å². The molecule has 0 saturated heterocycles. The molecule has 0 bridgehead atoms. The molecule has 0 aromatic carbocycles. The standard InChI is InChI=1S/C21H40B2S2/c1-4-7-15-12-19(21(13-15)23-25)17(8-5-2)10-16-11-18(9-6-3)20(14-16)22-24/h4,7,15-25H,5-6,8-14H2,1-3H3/b7-4+. The molecule has 0 nitrogen and oxygen atoms in total. The van der Waals surface area contributed by atoms with Gasteiger partial charge in [-0.3, -0.25) is 0 Å². The predicted octanol–water partition coefficient (Wildman–Crippen LogP) is 6.36. The molecule has 0 radical (unpaired) electrons. The Labute approximate surface area is 169 Å². The Morgan fingerprint density at radius 3 is 2.36 bits per heavy atom. The summed E-state index contributed by atoms with van der Waals surface area (Å²) in [5.74, 6) is 6.31. The van der Waals surface area contributed by atoms with Gasteiger partial charge in [0.15, 0.2) is 13.1 Å². The third-order valence-electron chi connectivity index (χ3n) is 7.22. The average molecular weight is 378 g/mol. The molecule has 2 aliphatic carbocycles. The molecule has 2 rings (SSSR count). The van der Waals surface area contributed by atoms with Crippen molar-refractivity contribution in [3.63, 3.8) is 0 Å². The largest absolute Gasteiger partial charge is 0.231 e. The molecule has 7 atom stereocenters. The summed E-state index contributed by atoms with van der Waals surface area (Å²) in [6.07, 6.45) is 17.5. The van der Waals surface area contributed by atoms with E-state index in [0.29, 0.717) is 0 Å². The first-order valence-corrected chi connectivity index (χ1v) is 12.3. The number of thiol groups is 2. The zero-order chi connectivity index (χ0) is 18.2. The topological polar surface area (TPSA) is 0 Å². The van der Waals surface area contributed by atoms with Crippen molar-refractivity contribution < 1.29 is 0 Å². The molecule has 2 fully saturated rings. The Morgan fingerprint density at radius 2 is 1.76 bits per heavy atom. The van der Waals surface area contributed by atoms with Crippen molar-refractivity contribution in [2.24, 2.45) is 29.6 Å². The molecule has 25 heavy (non-hydrogen) atoms. The molecule has 4 heteroatoms. The van der Waals surface area contributed by atoms with E-state index in [1.54, 1.807) is 0 Å². The van der Waals surface area contributed by atoms with Crippen LogP contribution in [-0.4, -0.2) is 13.1 Å². The van der Waals surface area contributed by atoms with Gasteiger partial charge in [0.2, 0.25) is 0 Å². The van der Waals surface area contributed by atoms with Crippen molar-refractivity contribution >= 4 is 38.1 Å². The van der Waals surface area contributed by atoms with Crippen molar-refractivity contribution in [1.82, 2.24) is 0 Å². The fourth-order valence-electron chi connectivity index (χ4n) is 6.20. The van der Waals surface area contributed by atoms with Crippen LogP contribution in [0.4, 0.5) is 0 Å². The molecule has 142 valence electrons. The molecule has 2 saturated carbocycles. The van der Waals surface area contributed by atoms with Gasteiger partial charge in [0.25, 0.3) is 0 Å². The van der Waals surface area contributed by atoms with E-state index in [0.717, 1.165) is 54.3 Å². The summed E-state index contributed by atoms with van der Waals surface area (Å²) in [6.45, 7) is 9.09. The maximum absolute atomic E-state index is 4.73. The molecule has 0 spiro atoms. The van der Waals surface area contributed by atoms with Gasteiger partial charge in [0.05, 0.1) is 0 Å². The summed E-state index contributed by atoms with van der Waals surface area (Å²) in [5.41, 5.74) is 0. The van der Waals surface area contributed by atoms with E-state index in [1.807, 2.05) is 0 Å². The van der Waals surface area contributed by atoms with E-state index in [1.165, 1.54) is 57.8 Å². The number of rotatable bonds is 10. The third-order valence-corrected chi connectivity index (χ3v) is 8.16. The third kappa shape index (κ3) is 6.03. The second kappa shape index (κ2) is 11.4. The maximum atomic E-state index is 4.73. The van der Waals surface area contributed by atoms with Crippen LogP contribution in [0.15, 0.2) is 12.2 Å². The quantitative estimate of drug-likeness (QED) is 0.247. The van der Waals surface area contributed by atoms with Crippen LogP contribution < -0.4 is 0 Å². The average Bonchev–Trinajstić information content (AvgIpc) is 3.18. The number of allylic oxidation sites excluding steroid dienone is 2. The minimum Gasteiger partial charge on any atom is -0.231 e. The molecule has 0 heterocycles. The van der Waals surface area contributed by atoms with Gasteiger partial charge in [-0.1, -0.05) is 69.7 Å². The normalized spacial score (nSPS) is 36.8. The number of hydrogen-bond donors (Lipinski definition) is 2. The summed E-state index contributed by atoms with van der Waals surface area (Å²) >= 11 is 9.41. The SMILES string of the molecule is C/C=C/C1CC(BS)C(C(CCC)CC2CC(BS)C(CCC)C2)C1. The highest BCUT2D eigenvalue weighted by molar-refractivity contribution is 8.07. The lowest BCUT2D eigenvalue weighted by molar-refractivity contribution is 0.247. The van der Waals surface area contributed by atoms with Crippen LogP contribution in [0.5, 0.6) is 0 Å². The highest BCUT2D eigenvalue weighted by atomic mass is 32.1.